The first-order chi connectivity index (χ1) is 34.3. The number of benzene rings is 7. The third kappa shape index (κ3) is 8.39. The summed E-state index contributed by atoms with van der Waals surface area (Å²) >= 11 is 0. The Bertz CT molecular complexity index is 3800. The number of imidazole rings is 1. The van der Waals surface area contributed by atoms with E-state index >= 15 is 0 Å². The van der Waals surface area contributed by atoms with Gasteiger partial charge in [0.05, 0.1) is 28.0 Å². The van der Waals surface area contributed by atoms with E-state index in [2.05, 4.69) is 102 Å². The maximum atomic E-state index is 8.68. The van der Waals surface area contributed by atoms with Gasteiger partial charge in [0.15, 0.2) is 0 Å². The first kappa shape index (κ1) is 38.4. The molecule has 0 amide bonds. The van der Waals surface area contributed by atoms with E-state index in [1.807, 2.05) is 102 Å². The van der Waals surface area contributed by atoms with E-state index in [1.165, 1.54) is 11.6 Å². The van der Waals surface area contributed by atoms with E-state index in [1.54, 1.807) is 12.1 Å². The van der Waals surface area contributed by atoms with E-state index in [-0.39, 0.29) is 54.1 Å². The van der Waals surface area contributed by atoms with Gasteiger partial charge in [0.1, 0.15) is 0 Å². The SMILES string of the molecule is CC(C)(C)c1ccnc(-c2[c-]cccc2)c1.[2H]C([2H])([2H])c1c[c-]c(-c2nc3cccc(C([2H])([2H])[2H])c3n2-c2c(C(C)C)cc(-c3ccccc3)cc2C(C)C)c2oc3nc4c(ccc5ccccc54)cc3c12.[Ir]. The van der Waals surface area contributed by atoms with Gasteiger partial charge in [-0.1, -0.05) is 151 Å². The molecule has 0 saturated carbocycles. The Morgan fingerprint density at radius 1 is 0.672 bits per heavy atom. The van der Waals surface area contributed by atoms with Crippen LogP contribution in [0.1, 0.15) is 96.3 Å². The number of pyridine rings is 2. The molecule has 0 aliphatic rings. The Morgan fingerprint density at radius 3 is 2.12 bits per heavy atom. The monoisotopic (exact) mass is 1060 g/mol. The van der Waals surface area contributed by atoms with Crippen LogP contribution in [0.2, 0.25) is 0 Å². The first-order valence-electron chi connectivity index (χ1n) is 25.6. The van der Waals surface area contributed by atoms with Crippen LogP contribution in [0.25, 0.3) is 94.2 Å². The molecule has 0 atom stereocenters. The summed E-state index contributed by atoms with van der Waals surface area (Å²) in [6.07, 6.45) is 1.87. The molecule has 0 spiro atoms. The summed E-state index contributed by atoms with van der Waals surface area (Å²) in [5.74, 6) is 0.441. The Balaban J connectivity index is 0.000000329. The van der Waals surface area contributed by atoms with Crippen molar-refractivity contribution >= 4 is 54.8 Å². The largest absolute Gasteiger partial charge is 0.486 e. The number of aryl methyl sites for hydroxylation is 2. The molecule has 11 aromatic rings. The van der Waals surface area contributed by atoms with Crippen molar-refractivity contribution in [3.8, 4) is 39.5 Å². The van der Waals surface area contributed by atoms with Crippen molar-refractivity contribution in [3.63, 3.8) is 0 Å². The fraction of sp³-hybridized carbons (Fsp3) is 0.197. The molecule has 0 bridgehead atoms. The molecular formula is C61H54IrN4O-2. The summed E-state index contributed by atoms with van der Waals surface area (Å²) in [6.45, 7) is 10.2. The molecule has 0 N–H and O–H groups in total. The Kier molecular flexibility index (Phi) is 10.4. The smallest absolute Gasteiger partial charge is 0.216 e. The number of furan rings is 1. The number of aromatic nitrogens is 4. The molecule has 0 aliphatic heterocycles. The molecule has 4 heterocycles. The van der Waals surface area contributed by atoms with Crippen LogP contribution in [0, 0.1) is 25.8 Å². The minimum absolute atomic E-state index is 0. The van der Waals surface area contributed by atoms with Crippen molar-refractivity contribution in [1.29, 1.82) is 0 Å². The van der Waals surface area contributed by atoms with E-state index in [0.29, 0.717) is 38.9 Å². The topological polar surface area (TPSA) is 56.7 Å². The van der Waals surface area contributed by atoms with Crippen LogP contribution in [0.4, 0.5) is 0 Å². The average Bonchev–Trinajstić information content (AvgIpc) is 3.93. The predicted octanol–water partition coefficient (Wildman–Crippen LogP) is 16.5. The molecule has 4 aromatic heterocycles. The van der Waals surface area contributed by atoms with Crippen LogP contribution in [0.3, 0.4) is 0 Å². The van der Waals surface area contributed by atoms with Crippen molar-refractivity contribution in [2.75, 3.05) is 0 Å². The van der Waals surface area contributed by atoms with Gasteiger partial charge < -0.3 is 14.0 Å². The minimum Gasteiger partial charge on any atom is -0.486 e. The molecule has 1 radical (unpaired) electrons. The Hall–Kier alpha value is -6.72. The standard InChI is InChI=1S/C46H38N3O.C15H16N.Ir/c1-26(2)36-24-33(30-14-8-7-9-15-30)25-37(27(3)4)43(36)49-42-29(6)13-12-18-39(42)47-45(49)35-22-19-28(5)40-38-23-32-21-20-31-16-10-11-17-34(31)41(32)48-46(38)50-44(35)40;1-15(2,3)13-9-10-16-14(11-13)12-7-5-4-6-8-12;/h7-21,23-27H,1-6H3;4-7,9-11H,1-3H3;/q2*-1;/i5D3,6D3;;. The van der Waals surface area contributed by atoms with Gasteiger partial charge in [0.25, 0.3) is 0 Å². The summed E-state index contributed by atoms with van der Waals surface area (Å²) in [4.78, 5) is 14.6. The zero-order valence-corrected chi connectivity index (χ0v) is 41.0. The summed E-state index contributed by atoms with van der Waals surface area (Å²) in [5.41, 5.74) is 11.4. The van der Waals surface area contributed by atoms with Gasteiger partial charge in [-0.15, -0.1) is 53.6 Å². The van der Waals surface area contributed by atoms with Gasteiger partial charge in [-0.2, -0.15) is 0 Å². The van der Waals surface area contributed by atoms with E-state index < -0.39 is 13.7 Å². The summed E-state index contributed by atoms with van der Waals surface area (Å²) in [7, 11) is 0. The van der Waals surface area contributed by atoms with Crippen LogP contribution in [0.15, 0.2) is 156 Å². The van der Waals surface area contributed by atoms with Crippen molar-refractivity contribution < 1.29 is 32.7 Å². The summed E-state index contributed by atoms with van der Waals surface area (Å²) < 4.78 is 60.4. The fourth-order valence-electron chi connectivity index (χ4n) is 9.04. The van der Waals surface area contributed by atoms with Crippen LogP contribution in [0.5, 0.6) is 0 Å². The van der Waals surface area contributed by atoms with Crippen LogP contribution in [-0.4, -0.2) is 19.5 Å². The number of nitrogens with zero attached hydrogens (tertiary/aromatic N) is 4. The quantitative estimate of drug-likeness (QED) is 0.123. The molecule has 0 saturated heterocycles. The second-order valence-corrected chi connectivity index (χ2v) is 18.7. The van der Waals surface area contributed by atoms with Gasteiger partial charge in [-0.25, -0.2) is 4.98 Å². The van der Waals surface area contributed by atoms with Crippen molar-refractivity contribution in [1.82, 2.24) is 19.5 Å². The second kappa shape index (κ2) is 18.2. The molecule has 335 valence electrons. The molecule has 67 heavy (non-hydrogen) atoms. The number of hydrogen-bond donors (Lipinski definition) is 0. The maximum absolute atomic E-state index is 8.68. The average molecular weight is 1060 g/mol. The minimum atomic E-state index is -2.50. The van der Waals surface area contributed by atoms with Gasteiger partial charge >= 0.3 is 0 Å². The van der Waals surface area contributed by atoms with Gasteiger partial charge in [0.2, 0.25) is 5.71 Å². The number of hydrogen-bond acceptors (Lipinski definition) is 4. The molecule has 0 aliphatic carbocycles. The van der Waals surface area contributed by atoms with Crippen LogP contribution in [-0.2, 0) is 25.5 Å². The third-order valence-corrected chi connectivity index (χ3v) is 12.5. The van der Waals surface area contributed by atoms with Crippen molar-refractivity contribution in [2.24, 2.45) is 0 Å². The Morgan fingerprint density at radius 2 is 1.40 bits per heavy atom. The van der Waals surface area contributed by atoms with E-state index in [4.69, 9.17) is 22.6 Å². The predicted molar refractivity (Wildman–Crippen MR) is 276 cm³/mol. The zero-order valence-electron chi connectivity index (χ0n) is 44.6. The molecule has 7 aromatic carbocycles. The normalized spacial score (nSPS) is 13.5. The zero-order chi connectivity index (χ0) is 50.9. The molecular weight excluding hydrogens is 997 g/mol. The maximum Gasteiger partial charge on any atom is 0.216 e. The van der Waals surface area contributed by atoms with E-state index in [0.717, 1.165) is 60.9 Å². The summed E-state index contributed by atoms with van der Waals surface area (Å²) in [5, 5.41) is 3.79. The van der Waals surface area contributed by atoms with Gasteiger partial charge in [-0.3, -0.25) is 4.98 Å². The molecule has 11 rings (SSSR count). The number of fused-ring (bicyclic) bond motifs is 7. The Labute approximate surface area is 415 Å². The molecule has 0 unspecified atom stereocenters. The van der Waals surface area contributed by atoms with E-state index in [9.17, 15) is 0 Å². The van der Waals surface area contributed by atoms with Gasteiger partial charge in [0, 0.05) is 56.4 Å². The molecule has 0 fully saturated rings. The molecule has 5 nitrogen and oxygen atoms in total. The van der Waals surface area contributed by atoms with Crippen LogP contribution < -0.4 is 0 Å². The number of rotatable bonds is 6. The molecule has 6 heteroatoms. The van der Waals surface area contributed by atoms with Crippen LogP contribution >= 0.6 is 0 Å². The van der Waals surface area contributed by atoms with Crippen molar-refractivity contribution in [2.45, 2.75) is 79.4 Å². The first-order valence-corrected chi connectivity index (χ1v) is 22.6. The van der Waals surface area contributed by atoms with Gasteiger partial charge in [-0.05, 0) is 98.9 Å². The second-order valence-electron chi connectivity index (χ2n) is 18.7. The van der Waals surface area contributed by atoms with Crippen molar-refractivity contribution in [3.05, 3.63) is 192 Å². The third-order valence-electron chi connectivity index (χ3n) is 12.5. The number of para-hydroxylation sites is 1. The summed E-state index contributed by atoms with van der Waals surface area (Å²) in [6, 6.07) is 53.9. The fourth-order valence-corrected chi connectivity index (χ4v) is 9.04.